The Hall–Kier alpha value is -1.07. The van der Waals surface area contributed by atoms with Crippen molar-refractivity contribution < 1.29 is 17.9 Å². The summed E-state index contributed by atoms with van der Waals surface area (Å²) in [7, 11) is 1.72. The van der Waals surface area contributed by atoms with Gasteiger partial charge in [-0.1, -0.05) is 32.0 Å². The second kappa shape index (κ2) is 7.64. The fourth-order valence-corrected chi connectivity index (χ4v) is 2.18. The number of ether oxygens (including phenoxy) is 1. The lowest BCUT2D eigenvalue weighted by molar-refractivity contribution is -0.175. The standard InChI is InChI=1S/C15H22F3NO/c1-4-11-6-7-13(8-12(11)5-2)14(19-3)9-20-10-15(16,17)18/h6-8,14,19H,4-5,9-10H2,1-3H3. The number of hydrogen-bond donors (Lipinski definition) is 1. The van der Waals surface area contributed by atoms with Crippen LogP contribution in [-0.2, 0) is 17.6 Å². The summed E-state index contributed by atoms with van der Waals surface area (Å²) in [5.41, 5.74) is 3.48. The van der Waals surface area contributed by atoms with Crippen molar-refractivity contribution in [2.75, 3.05) is 20.3 Å². The van der Waals surface area contributed by atoms with Gasteiger partial charge < -0.3 is 10.1 Å². The number of aryl methyl sites for hydroxylation is 2. The summed E-state index contributed by atoms with van der Waals surface area (Å²) in [6.07, 6.45) is -2.41. The molecule has 0 aliphatic carbocycles. The zero-order valence-electron chi connectivity index (χ0n) is 12.2. The Morgan fingerprint density at radius 2 is 1.80 bits per heavy atom. The molecule has 0 amide bonds. The largest absolute Gasteiger partial charge is 0.411 e. The molecular formula is C15H22F3NO. The normalized spacial score (nSPS) is 13.5. The molecule has 0 aliphatic rings. The van der Waals surface area contributed by atoms with Crippen LogP contribution in [0.2, 0.25) is 0 Å². The highest BCUT2D eigenvalue weighted by molar-refractivity contribution is 5.33. The number of rotatable bonds is 7. The first-order valence-corrected chi connectivity index (χ1v) is 6.84. The topological polar surface area (TPSA) is 21.3 Å². The van der Waals surface area contributed by atoms with Crippen molar-refractivity contribution in [1.29, 1.82) is 0 Å². The minimum Gasteiger partial charge on any atom is -0.370 e. The fourth-order valence-electron chi connectivity index (χ4n) is 2.18. The Morgan fingerprint density at radius 1 is 1.15 bits per heavy atom. The van der Waals surface area contributed by atoms with Crippen molar-refractivity contribution in [3.8, 4) is 0 Å². The lowest BCUT2D eigenvalue weighted by Crippen LogP contribution is -2.25. The van der Waals surface area contributed by atoms with E-state index in [0.29, 0.717) is 0 Å². The van der Waals surface area contributed by atoms with Gasteiger partial charge in [-0.3, -0.25) is 0 Å². The molecule has 0 bridgehead atoms. The van der Waals surface area contributed by atoms with Gasteiger partial charge in [0.2, 0.25) is 0 Å². The molecule has 2 nitrogen and oxygen atoms in total. The van der Waals surface area contributed by atoms with Crippen LogP contribution in [0.4, 0.5) is 13.2 Å². The van der Waals surface area contributed by atoms with Gasteiger partial charge in [0, 0.05) is 0 Å². The number of halogens is 3. The van der Waals surface area contributed by atoms with E-state index in [9.17, 15) is 13.2 Å². The van der Waals surface area contributed by atoms with Crippen LogP contribution in [-0.4, -0.2) is 26.4 Å². The van der Waals surface area contributed by atoms with E-state index in [1.165, 1.54) is 11.1 Å². The summed E-state index contributed by atoms with van der Waals surface area (Å²) >= 11 is 0. The Morgan fingerprint density at radius 3 is 2.30 bits per heavy atom. The van der Waals surface area contributed by atoms with Crippen LogP contribution in [0.15, 0.2) is 18.2 Å². The molecule has 114 valence electrons. The number of hydrogen-bond acceptors (Lipinski definition) is 2. The summed E-state index contributed by atoms with van der Waals surface area (Å²) in [5.74, 6) is 0. The van der Waals surface area contributed by atoms with Gasteiger partial charge in [0.1, 0.15) is 6.61 Å². The highest BCUT2D eigenvalue weighted by Gasteiger charge is 2.28. The summed E-state index contributed by atoms with van der Waals surface area (Å²) in [5, 5.41) is 3.00. The minimum atomic E-state index is -4.28. The second-order valence-corrected chi connectivity index (χ2v) is 4.71. The average molecular weight is 289 g/mol. The van der Waals surface area contributed by atoms with Gasteiger partial charge in [0.25, 0.3) is 0 Å². The number of likely N-dealkylation sites (N-methyl/N-ethyl adjacent to an activating group) is 1. The predicted molar refractivity (Wildman–Crippen MR) is 73.9 cm³/mol. The van der Waals surface area contributed by atoms with E-state index in [0.717, 1.165) is 18.4 Å². The maximum Gasteiger partial charge on any atom is 0.411 e. The van der Waals surface area contributed by atoms with Crippen LogP contribution >= 0.6 is 0 Å². The van der Waals surface area contributed by atoms with Crippen LogP contribution in [0.1, 0.15) is 36.6 Å². The Bertz CT molecular complexity index is 418. The molecule has 1 N–H and O–H groups in total. The van der Waals surface area contributed by atoms with E-state index in [4.69, 9.17) is 4.74 Å². The number of alkyl halides is 3. The summed E-state index contributed by atoms with van der Waals surface area (Å²) < 4.78 is 41.0. The quantitative estimate of drug-likeness (QED) is 0.827. The first-order chi connectivity index (χ1) is 9.41. The molecule has 1 atom stereocenters. The van der Waals surface area contributed by atoms with Crippen LogP contribution in [0.5, 0.6) is 0 Å². The SMILES string of the molecule is CCc1ccc(C(COCC(F)(F)F)NC)cc1CC. The average Bonchev–Trinajstić information content (AvgIpc) is 2.41. The molecule has 1 aromatic rings. The van der Waals surface area contributed by atoms with Gasteiger partial charge in [-0.2, -0.15) is 13.2 Å². The zero-order valence-corrected chi connectivity index (χ0v) is 12.2. The molecule has 0 saturated carbocycles. The third-order valence-corrected chi connectivity index (χ3v) is 3.29. The Balaban J connectivity index is 2.74. The zero-order chi connectivity index (χ0) is 15.2. The summed E-state index contributed by atoms with van der Waals surface area (Å²) in [6, 6.07) is 5.82. The van der Waals surface area contributed by atoms with Gasteiger partial charge in [0.05, 0.1) is 12.6 Å². The molecular weight excluding hydrogens is 267 g/mol. The second-order valence-electron chi connectivity index (χ2n) is 4.71. The molecule has 0 saturated heterocycles. The highest BCUT2D eigenvalue weighted by atomic mass is 19.4. The molecule has 0 heterocycles. The van der Waals surface area contributed by atoms with Gasteiger partial charge in [-0.25, -0.2) is 0 Å². The predicted octanol–water partition coefficient (Wildman–Crippen LogP) is 3.65. The van der Waals surface area contributed by atoms with Crippen LogP contribution < -0.4 is 5.32 Å². The van der Waals surface area contributed by atoms with Crippen molar-refractivity contribution in [1.82, 2.24) is 5.32 Å². The first kappa shape index (κ1) is 17.0. The Labute approximate surface area is 118 Å². The van der Waals surface area contributed by atoms with E-state index in [1.807, 2.05) is 12.1 Å². The Kier molecular flexibility index (Phi) is 6.49. The van der Waals surface area contributed by atoms with Crippen LogP contribution in [0.25, 0.3) is 0 Å². The molecule has 0 aliphatic heterocycles. The van der Waals surface area contributed by atoms with E-state index in [1.54, 1.807) is 7.05 Å². The lowest BCUT2D eigenvalue weighted by atomic mass is 9.97. The highest BCUT2D eigenvalue weighted by Crippen LogP contribution is 2.21. The fraction of sp³-hybridized carbons (Fsp3) is 0.600. The van der Waals surface area contributed by atoms with E-state index in [-0.39, 0.29) is 12.6 Å². The van der Waals surface area contributed by atoms with E-state index < -0.39 is 12.8 Å². The molecule has 1 rings (SSSR count). The molecule has 0 fully saturated rings. The van der Waals surface area contributed by atoms with Gasteiger partial charge in [0.15, 0.2) is 0 Å². The van der Waals surface area contributed by atoms with Crippen molar-refractivity contribution in [3.05, 3.63) is 34.9 Å². The lowest BCUT2D eigenvalue weighted by Gasteiger charge is -2.19. The van der Waals surface area contributed by atoms with E-state index >= 15 is 0 Å². The maximum atomic E-state index is 12.1. The molecule has 5 heteroatoms. The van der Waals surface area contributed by atoms with Gasteiger partial charge in [-0.15, -0.1) is 0 Å². The molecule has 0 radical (unpaired) electrons. The number of nitrogens with one attached hydrogen (secondary N) is 1. The number of benzene rings is 1. The van der Waals surface area contributed by atoms with Crippen LogP contribution in [0.3, 0.4) is 0 Å². The third kappa shape index (κ3) is 5.13. The van der Waals surface area contributed by atoms with Gasteiger partial charge in [-0.05, 0) is 36.6 Å². The first-order valence-electron chi connectivity index (χ1n) is 6.84. The van der Waals surface area contributed by atoms with Crippen molar-refractivity contribution in [2.45, 2.75) is 38.9 Å². The molecule has 1 aromatic carbocycles. The summed E-state index contributed by atoms with van der Waals surface area (Å²) in [4.78, 5) is 0. The van der Waals surface area contributed by atoms with E-state index in [2.05, 4.69) is 25.2 Å². The minimum absolute atomic E-state index is 0.00460. The third-order valence-electron chi connectivity index (χ3n) is 3.29. The smallest absolute Gasteiger partial charge is 0.370 e. The van der Waals surface area contributed by atoms with Crippen molar-refractivity contribution in [3.63, 3.8) is 0 Å². The molecule has 20 heavy (non-hydrogen) atoms. The maximum absolute atomic E-state index is 12.1. The summed E-state index contributed by atoms with van der Waals surface area (Å²) in [6.45, 7) is 2.96. The van der Waals surface area contributed by atoms with Crippen LogP contribution in [0, 0.1) is 0 Å². The van der Waals surface area contributed by atoms with Crippen molar-refractivity contribution >= 4 is 0 Å². The van der Waals surface area contributed by atoms with Gasteiger partial charge >= 0.3 is 6.18 Å². The molecule has 0 spiro atoms. The molecule has 0 aromatic heterocycles. The monoisotopic (exact) mass is 289 g/mol. The molecule has 1 unspecified atom stereocenters. The van der Waals surface area contributed by atoms with Crippen molar-refractivity contribution in [2.24, 2.45) is 0 Å².